The number of carbonyl (C=O) groups excluding carboxylic acids is 3. The predicted octanol–water partition coefficient (Wildman–Crippen LogP) is 8.54. The zero-order chi connectivity index (χ0) is 31.9. The first-order chi connectivity index (χ1) is 20.9. The fourth-order valence-corrected chi connectivity index (χ4v) is 5.09. The Hall–Kier alpha value is -4.25. The molecular formula is C32H24Cl2F3N3O3S. The smallest absolute Gasteiger partial charge is 0.325 e. The van der Waals surface area contributed by atoms with Gasteiger partial charge in [-0.25, -0.2) is 0 Å². The molecule has 0 fully saturated rings. The van der Waals surface area contributed by atoms with Crippen molar-refractivity contribution in [1.29, 1.82) is 0 Å². The third kappa shape index (κ3) is 9.12. The molecule has 0 radical (unpaired) electrons. The molecule has 0 saturated heterocycles. The topological polar surface area (TPSA) is 87.3 Å². The van der Waals surface area contributed by atoms with Crippen LogP contribution in [0.3, 0.4) is 0 Å². The maximum Gasteiger partial charge on any atom is 0.418 e. The average Bonchev–Trinajstić information content (AvgIpc) is 2.98. The summed E-state index contributed by atoms with van der Waals surface area (Å²) >= 11 is 12.8. The molecule has 4 aromatic carbocycles. The summed E-state index contributed by atoms with van der Waals surface area (Å²) in [5.74, 6) is -1.76. The van der Waals surface area contributed by atoms with Crippen molar-refractivity contribution in [2.24, 2.45) is 0 Å². The second kappa shape index (κ2) is 14.5. The van der Waals surface area contributed by atoms with E-state index in [9.17, 15) is 27.6 Å². The lowest BCUT2D eigenvalue weighted by Gasteiger charge is -2.17. The van der Waals surface area contributed by atoms with Crippen LogP contribution in [0.25, 0.3) is 6.08 Å². The number of halogens is 5. The van der Waals surface area contributed by atoms with Gasteiger partial charge in [-0.15, -0.1) is 11.8 Å². The number of anilines is 2. The minimum Gasteiger partial charge on any atom is -0.325 e. The Morgan fingerprint density at radius 2 is 1.50 bits per heavy atom. The fraction of sp³-hybridized carbons (Fsp3) is 0.0938. The van der Waals surface area contributed by atoms with Crippen molar-refractivity contribution in [2.75, 3.05) is 10.6 Å². The van der Waals surface area contributed by atoms with Crippen LogP contribution in [-0.4, -0.2) is 23.0 Å². The second-order valence-corrected chi connectivity index (χ2v) is 11.6. The number of amides is 3. The van der Waals surface area contributed by atoms with Gasteiger partial charge in [0, 0.05) is 26.2 Å². The van der Waals surface area contributed by atoms with Gasteiger partial charge in [-0.3, -0.25) is 14.4 Å². The van der Waals surface area contributed by atoms with Crippen molar-refractivity contribution in [3.8, 4) is 0 Å². The summed E-state index contributed by atoms with van der Waals surface area (Å²) in [6, 6.07) is 24.7. The van der Waals surface area contributed by atoms with Crippen LogP contribution in [0.1, 0.15) is 28.4 Å². The number of hydrogen-bond donors (Lipinski definition) is 3. The zero-order valence-corrected chi connectivity index (χ0v) is 25.2. The van der Waals surface area contributed by atoms with Crippen LogP contribution in [0.2, 0.25) is 10.0 Å². The van der Waals surface area contributed by atoms with Crippen molar-refractivity contribution in [3.05, 3.63) is 129 Å². The molecule has 12 heteroatoms. The Labute approximate surface area is 265 Å². The van der Waals surface area contributed by atoms with Gasteiger partial charge in [-0.05, 0) is 79.2 Å². The van der Waals surface area contributed by atoms with Gasteiger partial charge in [-0.1, -0.05) is 59.6 Å². The first-order valence-corrected chi connectivity index (χ1v) is 14.6. The third-order valence-corrected chi connectivity index (χ3v) is 7.61. The van der Waals surface area contributed by atoms with Gasteiger partial charge in [0.1, 0.15) is 5.70 Å². The van der Waals surface area contributed by atoms with Crippen LogP contribution in [0.15, 0.2) is 108 Å². The second-order valence-electron chi connectivity index (χ2n) is 9.35. The van der Waals surface area contributed by atoms with Gasteiger partial charge in [0.2, 0.25) is 5.91 Å². The highest BCUT2D eigenvalue weighted by Crippen LogP contribution is 2.37. The number of thioether (sulfide) groups is 1. The summed E-state index contributed by atoms with van der Waals surface area (Å²) in [6.07, 6.45) is -3.21. The van der Waals surface area contributed by atoms with E-state index in [4.69, 9.17) is 23.2 Å². The van der Waals surface area contributed by atoms with E-state index in [1.54, 1.807) is 85.8 Å². The summed E-state index contributed by atoms with van der Waals surface area (Å²) in [5.41, 5.74) is -0.156. The van der Waals surface area contributed by atoms with E-state index in [1.807, 2.05) is 0 Å². The number of nitrogens with one attached hydrogen (secondary N) is 3. The summed E-state index contributed by atoms with van der Waals surface area (Å²) in [4.78, 5) is 39.5. The molecule has 0 heterocycles. The molecule has 3 amide bonds. The van der Waals surface area contributed by atoms with E-state index < -0.39 is 40.4 Å². The van der Waals surface area contributed by atoms with E-state index in [1.165, 1.54) is 12.1 Å². The van der Waals surface area contributed by atoms with E-state index in [-0.39, 0.29) is 10.7 Å². The van der Waals surface area contributed by atoms with Crippen LogP contribution < -0.4 is 16.0 Å². The Bertz CT molecular complexity index is 1700. The third-order valence-electron chi connectivity index (χ3n) is 6.03. The molecule has 6 nitrogen and oxygen atoms in total. The lowest BCUT2D eigenvalue weighted by Crippen LogP contribution is -2.30. The first-order valence-electron chi connectivity index (χ1n) is 13.0. The highest BCUT2D eigenvalue weighted by molar-refractivity contribution is 8.00. The maximum absolute atomic E-state index is 13.4. The van der Waals surface area contributed by atoms with Gasteiger partial charge in [0.05, 0.1) is 16.5 Å². The molecule has 226 valence electrons. The standard InChI is InChI=1S/C32H24Cl2F3N3O3S/c1-19(29(41)39-27-15-14-23(34)17-26(27)32(35,36)37)44-25-9-5-8-24(18-25)38-31(43)28(16-20-10-12-22(33)13-11-20)40-30(42)21-6-3-2-4-7-21/h2-19H,1H3,(H,38,43)(H,39,41)(H,40,42)/b28-16-. The quantitative estimate of drug-likeness (QED) is 0.124. The molecular weight excluding hydrogens is 634 g/mol. The van der Waals surface area contributed by atoms with Crippen LogP contribution in [0, 0.1) is 0 Å². The van der Waals surface area contributed by atoms with Gasteiger partial charge in [-0.2, -0.15) is 13.2 Å². The molecule has 1 atom stereocenters. The van der Waals surface area contributed by atoms with Crippen molar-refractivity contribution < 1.29 is 27.6 Å². The largest absolute Gasteiger partial charge is 0.418 e. The Balaban J connectivity index is 1.48. The van der Waals surface area contributed by atoms with Crippen LogP contribution in [0.4, 0.5) is 24.5 Å². The van der Waals surface area contributed by atoms with Crippen LogP contribution in [-0.2, 0) is 15.8 Å². The molecule has 0 bridgehead atoms. The highest BCUT2D eigenvalue weighted by Gasteiger charge is 2.34. The molecule has 3 N–H and O–H groups in total. The molecule has 0 spiro atoms. The Morgan fingerprint density at radius 3 is 2.18 bits per heavy atom. The number of alkyl halides is 3. The summed E-state index contributed by atoms with van der Waals surface area (Å²) in [5, 5.41) is 7.31. The SMILES string of the molecule is CC(Sc1cccc(NC(=O)/C(=C/c2ccc(Cl)cc2)NC(=O)c2ccccc2)c1)C(=O)Nc1ccc(Cl)cc1C(F)(F)F. The Morgan fingerprint density at radius 1 is 0.818 bits per heavy atom. The number of rotatable bonds is 9. The van der Waals surface area contributed by atoms with Crippen LogP contribution in [0.5, 0.6) is 0 Å². The highest BCUT2D eigenvalue weighted by atomic mass is 35.5. The van der Waals surface area contributed by atoms with Gasteiger partial charge in [0.25, 0.3) is 11.8 Å². The molecule has 0 aromatic heterocycles. The molecule has 44 heavy (non-hydrogen) atoms. The van der Waals surface area contributed by atoms with Crippen molar-refractivity contribution >= 4 is 70.1 Å². The lowest BCUT2D eigenvalue weighted by molar-refractivity contribution is -0.137. The number of carbonyl (C=O) groups is 3. The molecule has 4 rings (SSSR count). The summed E-state index contributed by atoms with van der Waals surface area (Å²) < 4.78 is 40.3. The molecule has 0 aliphatic heterocycles. The minimum absolute atomic E-state index is 0.0320. The normalized spacial score (nSPS) is 12.3. The van der Waals surface area contributed by atoms with Gasteiger partial charge in [0.15, 0.2) is 0 Å². The van der Waals surface area contributed by atoms with Crippen molar-refractivity contribution in [2.45, 2.75) is 23.2 Å². The van der Waals surface area contributed by atoms with Gasteiger partial charge < -0.3 is 16.0 Å². The van der Waals surface area contributed by atoms with Gasteiger partial charge >= 0.3 is 6.18 Å². The number of benzene rings is 4. The Kier molecular flexibility index (Phi) is 10.7. The van der Waals surface area contributed by atoms with E-state index in [2.05, 4.69) is 16.0 Å². The molecule has 0 aliphatic carbocycles. The zero-order valence-electron chi connectivity index (χ0n) is 22.9. The minimum atomic E-state index is -4.71. The summed E-state index contributed by atoms with van der Waals surface area (Å²) in [6.45, 7) is 1.54. The lowest BCUT2D eigenvalue weighted by atomic mass is 10.1. The molecule has 0 saturated carbocycles. The van der Waals surface area contributed by atoms with Crippen molar-refractivity contribution in [3.63, 3.8) is 0 Å². The monoisotopic (exact) mass is 657 g/mol. The first kappa shape index (κ1) is 32.7. The molecule has 1 unspecified atom stereocenters. The van der Waals surface area contributed by atoms with E-state index in [0.717, 1.165) is 23.9 Å². The predicted molar refractivity (Wildman–Crippen MR) is 169 cm³/mol. The average molecular weight is 659 g/mol. The summed E-state index contributed by atoms with van der Waals surface area (Å²) in [7, 11) is 0. The molecule has 0 aliphatic rings. The number of hydrogen-bond acceptors (Lipinski definition) is 4. The fourth-order valence-electron chi connectivity index (χ4n) is 3.87. The maximum atomic E-state index is 13.4. The molecule has 4 aromatic rings. The van der Waals surface area contributed by atoms with E-state index in [0.29, 0.717) is 26.7 Å². The van der Waals surface area contributed by atoms with Crippen molar-refractivity contribution in [1.82, 2.24) is 5.32 Å². The van der Waals surface area contributed by atoms with E-state index >= 15 is 0 Å². The van der Waals surface area contributed by atoms with Crippen LogP contribution >= 0.6 is 35.0 Å².